The van der Waals surface area contributed by atoms with Gasteiger partial charge in [0.2, 0.25) is 15.9 Å². The molecule has 0 bridgehead atoms. The molecule has 0 aromatic carbocycles. The number of ether oxygens (including phenoxy) is 2. The number of nitrogens with zero attached hydrogens (tertiary/aromatic N) is 5. The summed E-state index contributed by atoms with van der Waals surface area (Å²) in [7, 11) is -3.15. The van der Waals surface area contributed by atoms with Gasteiger partial charge < -0.3 is 19.3 Å². The van der Waals surface area contributed by atoms with E-state index in [9.17, 15) is 13.2 Å². The van der Waals surface area contributed by atoms with Crippen LogP contribution in [-0.4, -0.2) is 91.9 Å². The summed E-state index contributed by atoms with van der Waals surface area (Å²) in [5.74, 6) is 1.54. The average Bonchev–Trinajstić information content (AvgIpc) is 2.72. The van der Waals surface area contributed by atoms with Gasteiger partial charge in [0.15, 0.2) is 0 Å². The van der Waals surface area contributed by atoms with Crippen LogP contribution in [0.4, 0.5) is 10.6 Å². The maximum atomic E-state index is 11.9. The number of carbonyl (C=O) groups is 1. The van der Waals surface area contributed by atoms with E-state index in [0.29, 0.717) is 63.5 Å². The lowest BCUT2D eigenvalue weighted by Crippen LogP contribution is -2.48. The summed E-state index contributed by atoms with van der Waals surface area (Å²) in [6.07, 6.45) is 5.87. The molecule has 2 aliphatic heterocycles. The second kappa shape index (κ2) is 9.78. The van der Waals surface area contributed by atoms with Crippen LogP contribution in [0.15, 0.2) is 12.4 Å². The van der Waals surface area contributed by atoms with Gasteiger partial charge in [-0.3, -0.25) is 0 Å². The van der Waals surface area contributed by atoms with Crippen molar-refractivity contribution in [2.24, 2.45) is 5.92 Å². The molecule has 1 aromatic heterocycles. The predicted molar refractivity (Wildman–Crippen MR) is 112 cm³/mol. The molecule has 0 unspecified atom stereocenters. The number of anilines is 1. The summed E-state index contributed by atoms with van der Waals surface area (Å²) >= 11 is 0. The molecule has 0 N–H and O–H groups in total. The summed E-state index contributed by atoms with van der Waals surface area (Å²) in [4.78, 5) is 24.5. The van der Waals surface area contributed by atoms with Crippen LogP contribution < -0.4 is 9.64 Å². The topological polar surface area (TPSA) is 105 Å². The highest BCUT2D eigenvalue weighted by molar-refractivity contribution is 7.88. The molecular weight excluding hydrogens is 410 g/mol. The van der Waals surface area contributed by atoms with Crippen molar-refractivity contribution < 1.29 is 22.7 Å². The van der Waals surface area contributed by atoms with Crippen LogP contribution in [0.25, 0.3) is 0 Å². The Morgan fingerprint density at radius 1 is 1.10 bits per heavy atom. The lowest BCUT2D eigenvalue weighted by molar-refractivity contribution is 0.0606. The number of piperazine rings is 1. The Morgan fingerprint density at radius 2 is 1.77 bits per heavy atom. The molecule has 0 atom stereocenters. The summed E-state index contributed by atoms with van der Waals surface area (Å²) in [6.45, 7) is 7.63. The zero-order valence-electron chi connectivity index (χ0n) is 17.9. The second-order valence-corrected chi connectivity index (χ2v) is 10.0. The molecule has 0 saturated carbocycles. The van der Waals surface area contributed by atoms with Gasteiger partial charge in [0, 0.05) is 39.3 Å². The Bertz CT molecular complexity index is 801. The Morgan fingerprint density at radius 3 is 2.30 bits per heavy atom. The van der Waals surface area contributed by atoms with Crippen molar-refractivity contribution in [3.8, 4) is 5.88 Å². The van der Waals surface area contributed by atoms with E-state index in [4.69, 9.17) is 9.47 Å². The van der Waals surface area contributed by atoms with Crippen LogP contribution in [0, 0.1) is 5.92 Å². The third kappa shape index (κ3) is 6.18. The molecule has 3 heterocycles. The van der Waals surface area contributed by atoms with Gasteiger partial charge in [0.25, 0.3) is 0 Å². The SMILES string of the molecule is CC(C)OC(=O)N1CCC(COc2cnc(N3CCN(S(C)(=O)=O)CC3)cn2)CC1. The molecule has 168 valence electrons. The van der Waals surface area contributed by atoms with Crippen LogP contribution in [0.5, 0.6) is 5.88 Å². The number of piperidine rings is 1. The molecule has 2 fully saturated rings. The van der Waals surface area contributed by atoms with Crippen molar-refractivity contribution in [3.05, 3.63) is 12.4 Å². The first kappa shape index (κ1) is 22.5. The third-order valence-corrected chi connectivity index (χ3v) is 6.63. The highest BCUT2D eigenvalue weighted by Gasteiger charge is 2.26. The molecule has 2 aliphatic rings. The van der Waals surface area contributed by atoms with Gasteiger partial charge in [-0.15, -0.1) is 0 Å². The summed E-state index contributed by atoms with van der Waals surface area (Å²) in [6, 6.07) is 0. The van der Waals surface area contributed by atoms with E-state index in [0.717, 1.165) is 12.8 Å². The maximum Gasteiger partial charge on any atom is 0.410 e. The normalized spacial score (nSPS) is 19.2. The fourth-order valence-electron chi connectivity index (χ4n) is 3.56. The highest BCUT2D eigenvalue weighted by Crippen LogP contribution is 2.20. The smallest absolute Gasteiger partial charge is 0.410 e. The Labute approximate surface area is 178 Å². The number of rotatable bonds is 6. The van der Waals surface area contributed by atoms with E-state index >= 15 is 0 Å². The number of likely N-dealkylation sites (tertiary alicyclic amines) is 1. The van der Waals surface area contributed by atoms with Crippen molar-refractivity contribution >= 4 is 21.9 Å². The van der Waals surface area contributed by atoms with Crippen LogP contribution in [0.2, 0.25) is 0 Å². The standard InChI is InChI=1S/C19H31N5O5S/c1-15(2)29-19(25)23-6-4-16(5-7-23)14-28-18-13-20-17(12-21-18)22-8-10-24(11-9-22)30(3,26)27/h12-13,15-16H,4-11,14H2,1-3H3. The Balaban J connectivity index is 1.41. The zero-order valence-corrected chi connectivity index (χ0v) is 18.7. The minimum absolute atomic E-state index is 0.108. The largest absolute Gasteiger partial charge is 0.476 e. The monoisotopic (exact) mass is 441 g/mol. The molecule has 0 aliphatic carbocycles. The van der Waals surface area contributed by atoms with E-state index in [1.165, 1.54) is 10.6 Å². The van der Waals surface area contributed by atoms with Crippen LogP contribution in [-0.2, 0) is 14.8 Å². The van der Waals surface area contributed by atoms with Crippen molar-refractivity contribution in [1.82, 2.24) is 19.2 Å². The highest BCUT2D eigenvalue weighted by atomic mass is 32.2. The zero-order chi connectivity index (χ0) is 21.7. The first-order chi connectivity index (χ1) is 14.2. The molecule has 1 aromatic rings. The van der Waals surface area contributed by atoms with Gasteiger partial charge in [-0.25, -0.2) is 23.2 Å². The van der Waals surface area contributed by atoms with E-state index in [1.54, 1.807) is 17.3 Å². The Hall–Kier alpha value is -2.14. The molecule has 3 rings (SSSR count). The number of amides is 1. The molecule has 30 heavy (non-hydrogen) atoms. The average molecular weight is 442 g/mol. The van der Waals surface area contributed by atoms with Crippen molar-refractivity contribution in [3.63, 3.8) is 0 Å². The van der Waals surface area contributed by atoms with Crippen LogP contribution in [0.3, 0.4) is 0 Å². The van der Waals surface area contributed by atoms with Crippen molar-refractivity contribution in [2.45, 2.75) is 32.8 Å². The number of hydrogen-bond donors (Lipinski definition) is 0. The summed E-state index contributed by atoms with van der Waals surface area (Å²) < 4.78 is 35.7. The quantitative estimate of drug-likeness (QED) is 0.648. The van der Waals surface area contributed by atoms with E-state index in [1.807, 2.05) is 18.7 Å². The summed E-state index contributed by atoms with van der Waals surface area (Å²) in [5.41, 5.74) is 0. The number of sulfonamides is 1. The number of aromatic nitrogens is 2. The van der Waals surface area contributed by atoms with Gasteiger partial charge in [0.05, 0.1) is 31.4 Å². The van der Waals surface area contributed by atoms with Crippen molar-refractivity contribution in [1.29, 1.82) is 0 Å². The molecule has 11 heteroatoms. The number of hydrogen-bond acceptors (Lipinski definition) is 8. The van der Waals surface area contributed by atoms with Crippen LogP contribution in [0.1, 0.15) is 26.7 Å². The van der Waals surface area contributed by atoms with E-state index in [-0.39, 0.29) is 12.2 Å². The predicted octanol–water partition coefficient (Wildman–Crippen LogP) is 1.19. The molecule has 0 spiro atoms. The fraction of sp³-hybridized carbons (Fsp3) is 0.737. The van der Waals surface area contributed by atoms with Gasteiger partial charge >= 0.3 is 6.09 Å². The van der Waals surface area contributed by atoms with E-state index < -0.39 is 10.0 Å². The van der Waals surface area contributed by atoms with E-state index in [2.05, 4.69) is 9.97 Å². The first-order valence-electron chi connectivity index (χ1n) is 10.3. The van der Waals surface area contributed by atoms with Gasteiger partial charge in [0.1, 0.15) is 5.82 Å². The minimum Gasteiger partial charge on any atom is -0.476 e. The summed E-state index contributed by atoms with van der Waals surface area (Å²) in [5, 5.41) is 0. The van der Waals surface area contributed by atoms with Crippen molar-refractivity contribution in [2.75, 3.05) is 57.0 Å². The van der Waals surface area contributed by atoms with Crippen LogP contribution >= 0.6 is 0 Å². The van der Waals surface area contributed by atoms with Gasteiger partial charge in [-0.1, -0.05) is 0 Å². The lowest BCUT2D eigenvalue weighted by Gasteiger charge is -2.33. The molecule has 1 amide bonds. The first-order valence-corrected chi connectivity index (χ1v) is 12.2. The second-order valence-electron chi connectivity index (χ2n) is 8.04. The molecule has 2 saturated heterocycles. The molecular formula is C19H31N5O5S. The Kier molecular flexibility index (Phi) is 7.35. The third-order valence-electron chi connectivity index (χ3n) is 5.32. The lowest BCUT2D eigenvalue weighted by atomic mass is 9.98. The molecule has 10 nitrogen and oxygen atoms in total. The minimum atomic E-state index is -3.15. The molecule has 0 radical (unpaired) electrons. The fourth-order valence-corrected chi connectivity index (χ4v) is 4.38. The maximum absolute atomic E-state index is 11.9. The number of carbonyl (C=O) groups excluding carboxylic acids is 1. The van der Waals surface area contributed by atoms with Gasteiger partial charge in [-0.2, -0.15) is 4.31 Å². The van der Waals surface area contributed by atoms with Gasteiger partial charge in [-0.05, 0) is 32.6 Å².